The number of hydrogen-bond donors (Lipinski definition) is 2. The molecule has 0 fully saturated rings. The topological polar surface area (TPSA) is 103 Å². The second-order valence-corrected chi connectivity index (χ2v) is 8.39. The van der Waals surface area contributed by atoms with E-state index in [1.165, 1.54) is 21.3 Å². The second kappa shape index (κ2) is 9.03. The number of aromatic carboxylic acids is 1. The molecule has 1 amide bonds. The van der Waals surface area contributed by atoms with Gasteiger partial charge >= 0.3 is 5.97 Å². The Balaban J connectivity index is 1.93. The normalized spacial score (nSPS) is 14.8. The van der Waals surface area contributed by atoms with Gasteiger partial charge in [-0.15, -0.1) is 11.3 Å². The summed E-state index contributed by atoms with van der Waals surface area (Å²) in [4.78, 5) is 25.8. The molecule has 3 aromatic rings. The van der Waals surface area contributed by atoms with Crippen LogP contribution in [0.5, 0.6) is 23.0 Å². The molecule has 33 heavy (non-hydrogen) atoms. The SMILES string of the molecule is COc1ccc(-c2c(C(=O)O)sc3c2NC(=O)C[C@@H]3c2cc(OC)c(OC)cc2OC)cc1. The van der Waals surface area contributed by atoms with Crippen molar-refractivity contribution in [2.24, 2.45) is 0 Å². The van der Waals surface area contributed by atoms with Crippen LogP contribution in [0.15, 0.2) is 36.4 Å². The number of benzene rings is 2. The van der Waals surface area contributed by atoms with Gasteiger partial charge in [0.1, 0.15) is 16.4 Å². The van der Waals surface area contributed by atoms with Crippen LogP contribution in [0.2, 0.25) is 0 Å². The number of anilines is 1. The first kappa shape index (κ1) is 22.5. The lowest BCUT2D eigenvalue weighted by Gasteiger charge is -2.26. The molecule has 0 aliphatic carbocycles. The predicted octanol–water partition coefficient (Wildman–Crippen LogP) is 4.62. The fourth-order valence-electron chi connectivity index (χ4n) is 4.05. The number of fused-ring (bicyclic) bond motifs is 1. The highest BCUT2D eigenvalue weighted by Gasteiger charge is 2.36. The first-order chi connectivity index (χ1) is 15.9. The number of carboxylic acids is 1. The second-order valence-electron chi connectivity index (χ2n) is 7.33. The Morgan fingerprint density at radius 1 is 0.970 bits per heavy atom. The number of thiophene rings is 1. The highest BCUT2D eigenvalue weighted by molar-refractivity contribution is 7.15. The van der Waals surface area contributed by atoms with Crippen LogP contribution >= 0.6 is 11.3 Å². The molecule has 172 valence electrons. The van der Waals surface area contributed by atoms with Crippen LogP contribution in [-0.2, 0) is 4.79 Å². The highest BCUT2D eigenvalue weighted by atomic mass is 32.1. The van der Waals surface area contributed by atoms with Gasteiger partial charge in [0.05, 0.1) is 34.1 Å². The van der Waals surface area contributed by atoms with Crippen LogP contribution in [-0.4, -0.2) is 45.4 Å². The van der Waals surface area contributed by atoms with Crippen molar-refractivity contribution in [2.45, 2.75) is 12.3 Å². The number of methoxy groups -OCH3 is 4. The Kier molecular flexibility index (Phi) is 6.15. The Morgan fingerprint density at radius 3 is 2.18 bits per heavy atom. The van der Waals surface area contributed by atoms with Crippen molar-refractivity contribution in [1.82, 2.24) is 0 Å². The van der Waals surface area contributed by atoms with Crippen molar-refractivity contribution in [3.63, 3.8) is 0 Å². The smallest absolute Gasteiger partial charge is 0.346 e. The molecule has 8 nitrogen and oxygen atoms in total. The number of nitrogens with one attached hydrogen (secondary N) is 1. The number of carbonyl (C=O) groups excluding carboxylic acids is 1. The molecule has 0 saturated carbocycles. The van der Waals surface area contributed by atoms with Crippen molar-refractivity contribution >= 4 is 28.9 Å². The molecule has 1 atom stereocenters. The maximum atomic E-state index is 12.8. The molecule has 1 aromatic heterocycles. The first-order valence-electron chi connectivity index (χ1n) is 10.1. The molecule has 2 heterocycles. The molecule has 2 aromatic carbocycles. The van der Waals surface area contributed by atoms with E-state index in [2.05, 4.69) is 5.32 Å². The van der Waals surface area contributed by atoms with Crippen LogP contribution in [0, 0.1) is 0 Å². The molecule has 4 rings (SSSR count). The molecule has 1 aliphatic heterocycles. The Labute approximate surface area is 194 Å². The van der Waals surface area contributed by atoms with Gasteiger partial charge in [-0.3, -0.25) is 4.79 Å². The Morgan fingerprint density at radius 2 is 1.61 bits per heavy atom. The predicted molar refractivity (Wildman–Crippen MR) is 124 cm³/mol. The highest BCUT2D eigenvalue weighted by Crippen LogP contribution is 2.52. The van der Waals surface area contributed by atoms with Crippen molar-refractivity contribution in [3.8, 4) is 34.1 Å². The molecular weight excluding hydrogens is 446 g/mol. The van der Waals surface area contributed by atoms with E-state index in [9.17, 15) is 14.7 Å². The zero-order chi connectivity index (χ0) is 23.7. The molecule has 1 aliphatic rings. The maximum absolute atomic E-state index is 12.8. The van der Waals surface area contributed by atoms with E-state index in [4.69, 9.17) is 18.9 Å². The first-order valence-corrected chi connectivity index (χ1v) is 10.9. The fraction of sp³-hybridized carbons (Fsp3) is 0.250. The number of rotatable bonds is 7. The summed E-state index contributed by atoms with van der Waals surface area (Å²) in [7, 11) is 6.16. The molecule has 9 heteroatoms. The van der Waals surface area contributed by atoms with Crippen LogP contribution < -0.4 is 24.3 Å². The minimum Gasteiger partial charge on any atom is -0.497 e. The lowest BCUT2D eigenvalue weighted by Crippen LogP contribution is -2.23. The third-order valence-electron chi connectivity index (χ3n) is 5.59. The number of carboxylic acid groups (broad SMARTS) is 1. The third kappa shape index (κ3) is 3.95. The van der Waals surface area contributed by atoms with E-state index < -0.39 is 11.9 Å². The lowest BCUT2D eigenvalue weighted by molar-refractivity contribution is -0.116. The van der Waals surface area contributed by atoms with Crippen molar-refractivity contribution < 1.29 is 33.6 Å². The van der Waals surface area contributed by atoms with Gasteiger partial charge in [0.2, 0.25) is 5.91 Å². The van der Waals surface area contributed by atoms with Gasteiger partial charge in [-0.05, 0) is 23.8 Å². The number of amides is 1. The van der Waals surface area contributed by atoms with E-state index in [1.54, 1.807) is 43.5 Å². The van der Waals surface area contributed by atoms with Crippen LogP contribution in [0.3, 0.4) is 0 Å². The van der Waals surface area contributed by atoms with Crippen LogP contribution in [0.25, 0.3) is 11.1 Å². The Bertz CT molecular complexity index is 1220. The van der Waals surface area contributed by atoms with E-state index in [1.807, 2.05) is 0 Å². The average molecular weight is 470 g/mol. The van der Waals surface area contributed by atoms with Crippen molar-refractivity contribution in [2.75, 3.05) is 33.8 Å². The summed E-state index contributed by atoms with van der Waals surface area (Å²) in [6, 6.07) is 10.5. The third-order valence-corrected chi connectivity index (χ3v) is 6.88. The fourth-order valence-corrected chi connectivity index (χ4v) is 5.28. The molecule has 0 saturated heterocycles. The van der Waals surface area contributed by atoms with E-state index in [0.717, 1.165) is 16.2 Å². The molecule has 0 spiro atoms. The largest absolute Gasteiger partial charge is 0.497 e. The molecular formula is C24H23NO7S. The number of ether oxygens (including phenoxy) is 4. The average Bonchev–Trinajstić information content (AvgIpc) is 3.22. The number of hydrogen-bond acceptors (Lipinski definition) is 7. The monoisotopic (exact) mass is 469 g/mol. The quantitative estimate of drug-likeness (QED) is 0.520. The summed E-state index contributed by atoms with van der Waals surface area (Å²) in [5.74, 6) is 0.465. The maximum Gasteiger partial charge on any atom is 0.346 e. The minimum atomic E-state index is -1.06. The minimum absolute atomic E-state index is 0.139. The van der Waals surface area contributed by atoms with Gasteiger partial charge in [0.25, 0.3) is 0 Å². The van der Waals surface area contributed by atoms with Gasteiger partial charge < -0.3 is 29.4 Å². The van der Waals surface area contributed by atoms with Gasteiger partial charge in [-0.1, -0.05) is 12.1 Å². The van der Waals surface area contributed by atoms with Gasteiger partial charge in [0, 0.05) is 34.4 Å². The van der Waals surface area contributed by atoms with Crippen molar-refractivity contribution in [3.05, 3.63) is 51.7 Å². The summed E-state index contributed by atoms with van der Waals surface area (Å²) < 4.78 is 21.6. The van der Waals surface area contributed by atoms with Crippen LogP contribution in [0.1, 0.15) is 32.5 Å². The lowest BCUT2D eigenvalue weighted by atomic mass is 9.87. The summed E-state index contributed by atoms with van der Waals surface area (Å²) in [6.45, 7) is 0. The molecule has 0 bridgehead atoms. The summed E-state index contributed by atoms with van der Waals surface area (Å²) >= 11 is 1.15. The van der Waals surface area contributed by atoms with Gasteiger partial charge in [-0.25, -0.2) is 4.79 Å². The number of carbonyl (C=O) groups is 2. The molecule has 2 N–H and O–H groups in total. The Hall–Kier alpha value is -3.72. The molecule has 0 unspecified atom stereocenters. The van der Waals surface area contributed by atoms with Crippen LogP contribution in [0.4, 0.5) is 5.69 Å². The van der Waals surface area contributed by atoms with Gasteiger partial charge in [0.15, 0.2) is 11.5 Å². The summed E-state index contributed by atoms with van der Waals surface area (Å²) in [5.41, 5.74) is 2.36. The van der Waals surface area contributed by atoms with Gasteiger partial charge in [-0.2, -0.15) is 0 Å². The standard InChI is InChI=1S/C24H23NO7S/c1-29-13-7-5-12(6-8-13)20-21-22(33-23(20)24(27)28)15(10-19(26)25-21)14-9-17(31-3)18(32-4)11-16(14)30-2/h5-9,11,15H,10H2,1-4H3,(H,25,26)(H,27,28)/t15-/m1/s1. The zero-order valence-electron chi connectivity index (χ0n) is 18.6. The molecule has 0 radical (unpaired) electrons. The van der Waals surface area contributed by atoms with E-state index in [0.29, 0.717) is 45.4 Å². The van der Waals surface area contributed by atoms with Crippen molar-refractivity contribution in [1.29, 1.82) is 0 Å². The van der Waals surface area contributed by atoms with E-state index >= 15 is 0 Å². The summed E-state index contributed by atoms with van der Waals surface area (Å²) in [6.07, 6.45) is 0.139. The zero-order valence-corrected chi connectivity index (χ0v) is 19.4. The van der Waals surface area contributed by atoms with E-state index in [-0.39, 0.29) is 17.2 Å². The summed E-state index contributed by atoms with van der Waals surface area (Å²) in [5, 5.41) is 12.9.